The van der Waals surface area contributed by atoms with Crippen molar-refractivity contribution in [3.8, 4) is 0 Å². The molecular weight excluding hydrogens is 234 g/mol. The third-order valence-electron chi connectivity index (χ3n) is 3.91. The molecule has 3 heteroatoms. The molecule has 0 amide bonds. The van der Waals surface area contributed by atoms with Crippen LogP contribution >= 0.6 is 0 Å². The van der Waals surface area contributed by atoms with E-state index < -0.39 is 0 Å². The molecule has 19 heavy (non-hydrogen) atoms. The number of hydrogen-bond acceptors (Lipinski definition) is 3. The zero-order valence-corrected chi connectivity index (χ0v) is 12.5. The van der Waals surface area contributed by atoms with Gasteiger partial charge >= 0.3 is 0 Å². The Labute approximate surface area is 117 Å². The van der Waals surface area contributed by atoms with Gasteiger partial charge in [0, 0.05) is 37.6 Å². The SMILES string of the molecule is Cc1cncc(CN(CC2CCCCN2)C(C)C)c1. The first kappa shape index (κ1) is 14.5. The maximum Gasteiger partial charge on any atom is 0.0313 e. The second-order valence-electron chi connectivity index (χ2n) is 6.04. The van der Waals surface area contributed by atoms with Gasteiger partial charge in [0.1, 0.15) is 0 Å². The Bertz CT molecular complexity index is 383. The van der Waals surface area contributed by atoms with Crippen molar-refractivity contribution >= 4 is 0 Å². The fourth-order valence-corrected chi connectivity index (χ4v) is 2.76. The third-order valence-corrected chi connectivity index (χ3v) is 3.91. The van der Waals surface area contributed by atoms with E-state index in [1.165, 1.54) is 36.9 Å². The second-order valence-corrected chi connectivity index (χ2v) is 6.04. The fraction of sp³-hybridized carbons (Fsp3) is 0.688. The molecule has 0 aliphatic carbocycles. The normalized spacial score (nSPS) is 20.2. The molecular formula is C16H27N3. The molecule has 0 aromatic carbocycles. The van der Waals surface area contributed by atoms with Crippen molar-refractivity contribution in [2.24, 2.45) is 0 Å². The summed E-state index contributed by atoms with van der Waals surface area (Å²) in [5, 5.41) is 3.64. The molecule has 0 spiro atoms. The molecule has 0 radical (unpaired) electrons. The summed E-state index contributed by atoms with van der Waals surface area (Å²) >= 11 is 0. The van der Waals surface area contributed by atoms with E-state index in [1.807, 2.05) is 12.4 Å². The van der Waals surface area contributed by atoms with Crippen molar-refractivity contribution in [1.29, 1.82) is 0 Å². The van der Waals surface area contributed by atoms with Crippen LogP contribution in [0, 0.1) is 6.92 Å². The van der Waals surface area contributed by atoms with Crippen molar-refractivity contribution in [1.82, 2.24) is 15.2 Å². The highest BCUT2D eigenvalue weighted by molar-refractivity contribution is 5.16. The summed E-state index contributed by atoms with van der Waals surface area (Å²) in [5.41, 5.74) is 2.57. The number of hydrogen-bond donors (Lipinski definition) is 1. The molecule has 1 aromatic rings. The van der Waals surface area contributed by atoms with Gasteiger partial charge in [0.25, 0.3) is 0 Å². The van der Waals surface area contributed by atoms with Gasteiger partial charge in [-0.3, -0.25) is 9.88 Å². The summed E-state index contributed by atoms with van der Waals surface area (Å²) in [5.74, 6) is 0. The van der Waals surface area contributed by atoms with Crippen molar-refractivity contribution in [3.05, 3.63) is 29.6 Å². The van der Waals surface area contributed by atoms with Gasteiger partial charge < -0.3 is 5.32 Å². The Kier molecular flexibility index (Phi) is 5.34. The molecule has 1 aromatic heterocycles. The number of aryl methyl sites for hydroxylation is 1. The van der Waals surface area contributed by atoms with Gasteiger partial charge in [-0.05, 0) is 51.3 Å². The van der Waals surface area contributed by atoms with Crippen LogP contribution in [0.5, 0.6) is 0 Å². The largest absolute Gasteiger partial charge is 0.313 e. The average Bonchev–Trinajstić information content (AvgIpc) is 2.39. The van der Waals surface area contributed by atoms with Crippen LogP contribution in [0.3, 0.4) is 0 Å². The molecule has 0 bridgehead atoms. The molecule has 1 unspecified atom stereocenters. The van der Waals surface area contributed by atoms with Gasteiger partial charge in [-0.15, -0.1) is 0 Å². The highest BCUT2D eigenvalue weighted by atomic mass is 15.2. The Morgan fingerprint density at radius 1 is 1.37 bits per heavy atom. The zero-order chi connectivity index (χ0) is 13.7. The van der Waals surface area contributed by atoms with Crippen LogP contribution in [0.15, 0.2) is 18.5 Å². The lowest BCUT2D eigenvalue weighted by molar-refractivity contribution is 0.177. The molecule has 0 saturated carbocycles. The van der Waals surface area contributed by atoms with Gasteiger partial charge in [-0.1, -0.05) is 12.5 Å². The molecule has 1 N–H and O–H groups in total. The van der Waals surface area contributed by atoms with E-state index in [9.17, 15) is 0 Å². The lowest BCUT2D eigenvalue weighted by Crippen LogP contribution is -2.45. The molecule has 1 fully saturated rings. The number of aromatic nitrogens is 1. The maximum atomic E-state index is 4.30. The molecule has 2 rings (SSSR count). The standard InChI is InChI=1S/C16H27N3/c1-13(2)19(12-16-6-4-5-7-18-16)11-15-8-14(3)9-17-10-15/h8-10,13,16,18H,4-7,11-12H2,1-3H3. The van der Waals surface area contributed by atoms with Gasteiger partial charge in [-0.25, -0.2) is 0 Å². The first-order valence-corrected chi connectivity index (χ1v) is 7.53. The number of nitrogens with one attached hydrogen (secondary N) is 1. The average molecular weight is 261 g/mol. The zero-order valence-electron chi connectivity index (χ0n) is 12.5. The minimum absolute atomic E-state index is 0.573. The summed E-state index contributed by atoms with van der Waals surface area (Å²) in [6, 6.07) is 3.48. The Morgan fingerprint density at radius 3 is 2.84 bits per heavy atom. The Hall–Kier alpha value is -0.930. The predicted molar refractivity (Wildman–Crippen MR) is 80.2 cm³/mol. The number of piperidine rings is 1. The van der Waals surface area contributed by atoms with E-state index in [2.05, 4.69) is 42.0 Å². The van der Waals surface area contributed by atoms with Gasteiger partial charge in [-0.2, -0.15) is 0 Å². The van der Waals surface area contributed by atoms with E-state index in [1.54, 1.807) is 0 Å². The minimum Gasteiger partial charge on any atom is -0.313 e. The number of pyridine rings is 1. The molecule has 2 heterocycles. The summed E-state index contributed by atoms with van der Waals surface area (Å²) in [6.07, 6.45) is 7.94. The number of nitrogens with zero attached hydrogens (tertiary/aromatic N) is 2. The van der Waals surface area contributed by atoms with Crippen molar-refractivity contribution in [3.63, 3.8) is 0 Å². The highest BCUT2D eigenvalue weighted by Crippen LogP contribution is 2.13. The molecule has 1 aliphatic heterocycles. The summed E-state index contributed by atoms with van der Waals surface area (Å²) in [4.78, 5) is 6.86. The second kappa shape index (κ2) is 7.01. The lowest BCUT2D eigenvalue weighted by Gasteiger charge is -2.33. The smallest absolute Gasteiger partial charge is 0.0313 e. The minimum atomic E-state index is 0.573. The maximum absolute atomic E-state index is 4.30. The van der Waals surface area contributed by atoms with E-state index in [4.69, 9.17) is 0 Å². The summed E-state index contributed by atoms with van der Waals surface area (Å²) < 4.78 is 0. The van der Waals surface area contributed by atoms with Crippen LogP contribution in [0.25, 0.3) is 0 Å². The van der Waals surface area contributed by atoms with Crippen molar-refractivity contribution in [2.75, 3.05) is 13.1 Å². The fourth-order valence-electron chi connectivity index (χ4n) is 2.76. The first-order valence-electron chi connectivity index (χ1n) is 7.53. The van der Waals surface area contributed by atoms with Gasteiger partial charge in [0.15, 0.2) is 0 Å². The van der Waals surface area contributed by atoms with E-state index >= 15 is 0 Å². The quantitative estimate of drug-likeness (QED) is 0.883. The van der Waals surface area contributed by atoms with E-state index in [0.29, 0.717) is 12.1 Å². The highest BCUT2D eigenvalue weighted by Gasteiger charge is 2.18. The van der Waals surface area contributed by atoms with E-state index in [-0.39, 0.29) is 0 Å². The Morgan fingerprint density at radius 2 is 2.21 bits per heavy atom. The van der Waals surface area contributed by atoms with Crippen LogP contribution in [-0.2, 0) is 6.54 Å². The monoisotopic (exact) mass is 261 g/mol. The van der Waals surface area contributed by atoms with E-state index in [0.717, 1.165) is 13.1 Å². The van der Waals surface area contributed by atoms with Crippen LogP contribution in [-0.4, -0.2) is 35.1 Å². The van der Waals surface area contributed by atoms with Gasteiger partial charge in [0.2, 0.25) is 0 Å². The van der Waals surface area contributed by atoms with Crippen LogP contribution in [0.2, 0.25) is 0 Å². The Balaban J connectivity index is 1.95. The molecule has 3 nitrogen and oxygen atoms in total. The van der Waals surface area contributed by atoms with Crippen molar-refractivity contribution < 1.29 is 0 Å². The van der Waals surface area contributed by atoms with Crippen LogP contribution in [0.4, 0.5) is 0 Å². The molecule has 1 saturated heterocycles. The van der Waals surface area contributed by atoms with Crippen LogP contribution < -0.4 is 5.32 Å². The number of rotatable bonds is 5. The lowest BCUT2D eigenvalue weighted by atomic mass is 10.0. The molecule has 106 valence electrons. The van der Waals surface area contributed by atoms with Gasteiger partial charge in [0.05, 0.1) is 0 Å². The third kappa shape index (κ3) is 4.59. The predicted octanol–water partition coefficient (Wildman–Crippen LogP) is 2.74. The molecule has 1 aliphatic rings. The van der Waals surface area contributed by atoms with Crippen LogP contribution in [0.1, 0.15) is 44.2 Å². The molecule has 1 atom stereocenters. The topological polar surface area (TPSA) is 28.2 Å². The first-order chi connectivity index (χ1) is 9.15. The summed E-state index contributed by atoms with van der Waals surface area (Å²) in [7, 11) is 0. The summed E-state index contributed by atoms with van der Waals surface area (Å²) in [6.45, 7) is 10.0. The van der Waals surface area contributed by atoms with Crippen molar-refractivity contribution in [2.45, 2.75) is 58.7 Å².